The maximum atomic E-state index is 13.3. The third-order valence-electron chi connectivity index (χ3n) is 1.83. The molecule has 0 aliphatic rings. The Morgan fingerprint density at radius 2 is 1.93 bits per heavy atom. The summed E-state index contributed by atoms with van der Waals surface area (Å²) < 4.78 is 13.3. The molecule has 0 fully saturated rings. The Bertz CT molecular complexity index is 434. The number of nitrogens with one attached hydrogen (secondary N) is 1. The summed E-state index contributed by atoms with van der Waals surface area (Å²) in [7, 11) is 0. The van der Waals surface area contributed by atoms with Gasteiger partial charge in [-0.15, -0.1) is 0 Å². The van der Waals surface area contributed by atoms with Crippen molar-refractivity contribution in [3.05, 3.63) is 34.7 Å². The summed E-state index contributed by atoms with van der Waals surface area (Å²) in [6, 6.07) is 5.07. The van der Waals surface area contributed by atoms with E-state index in [4.69, 9.17) is 11.6 Å². The fourth-order valence-corrected chi connectivity index (χ4v) is 1.45. The maximum absolute atomic E-state index is 13.3. The largest absolute Gasteiger partial charge is 0.359 e. The van der Waals surface area contributed by atoms with Gasteiger partial charge in [0.05, 0.1) is 5.02 Å². The molecular formula is C11H13ClFN. The summed E-state index contributed by atoms with van der Waals surface area (Å²) >= 11 is 5.61. The van der Waals surface area contributed by atoms with Gasteiger partial charge in [-0.25, -0.2) is 4.39 Å². The van der Waals surface area contributed by atoms with Gasteiger partial charge in [-0.1, -0.05) is 25.4 Å². The smallest absolute Gasteiger partial charge is 0.151 e. The van der Waals surface area contributed by atoms with Crippen LogP contribution in [-0.2, 0) is 0 Å². The van der Waals surface area contributed by atoms with Crippen LogP contribution < -0.4 is 0 Å². The Labute approximate surface area is 87.9 Å². The average molecular weight is 214 g/mol. The molecule has 2 aromatic rings. The third-order valence-corrected chi connectivity index (χ3v) is 2.12. The predicted octanol–water partition coefficient (Wildman–Crippen LogP) is 4.30. The van der Waals surface area contributed by atoms with Gasteiger partial charge in [0.2, 0.25) is 0 Å². The number of benzene rings is 1. The summed E-state index contributed by atoms with van der Waals surface area (Å²) in [6.07, 6.45) is 0. The van der Waals surface area contributed by atoms with E-state index in [1.165, 1.54) is 0 Å². The van der Waals surface area contributed by atoms with E-state index in [0.29, 0.717) is 5.39 Å². The van der Waals surface area contributed by atoms with Gasteiger partial charge in [0.15, 0.2) is 5.82 Å². The van der Waals surface area contributed by atoms with Crippen LogP contribution in [0.3, 0.4) is 0 Å². The number of rotatable bonds is 0. The van der Waals surface area contributed by atoms with Gasteiger partial charge in [0.25, 0.3) is 0 Å². The van der Waals surface area contributed by atoms with E-state index in [1.807, 2.05) is 20.8 Å². The van der Waals surface area contributed by atoms with Crippen LogP contribution in [-0.4, -0.2) is 4.98 Å². The molecular weight excluding hydrogens is 201 g/mol. The third kappa shape index (κ3) is 1.90. The minimum absolute atomic E-state index is 0.168. The molecule has 1 aromatic heterocycles. The molecule has 0 radical (unpaired) electrons. The Morgan fingerprint density at radius 1 is 1.29 bits per heavy atom. The summed E-state index contributed by atoms with van der Waals surface area (Å²) in [5, 5.41) is 0.724. The highest BCUT2D eigenvalue weighted by atomic mass is 35.5. The summed E-state index contributed by atoms with van der Waals surface area (Å²) in [5.74, 6) is -0.349. The molecule has 0 spiro atoms. The lowest BCUT2D eigenvalue weighted by Crippen LogP contribution is -1.76. The van der Waals surface area contributed by atoms with Crippen molar-refractivity contribution in [2.75, 3.05) is 0 Å². The molecule has 14 heavy (non-hydrogen) atoms. The molecule has 0 aliphatic carbocycles. The zero-order valence-corrected chi connectivity index (χ0v) is 9.24. The van der Waals surface area contributed by atoms with Crippen LogP contribution in [0.4, 0.5) is 4.39 Å². The van der Waals surface area contributed by atoms with Crippen LogP contribution in [0.15, 0.2) is 18.2 Å². The van der Waals surface area contributed by atoms with Crippen LogP contribution >= 0.6 is 11.6 Å². The molecule has 0 bridgehead atoms. The predicted molar refractivity (Wildman–Crippen MR) is 59.4 cm³/mol. The molecule has 0 amide bonds. The van der Waals surface area contributed by atoms with Gasteiger partial charge < -0.3 is 4.98 Å². The molecule has 0 saturated carbocycles. The molecule has 3 heteroatoms. The second-order valence-corrected chi connectivity index (χ2v) is 3.18. The zero-order valence-electron chi connectivity index (χ0n) is 8.49. The van der Waals surface area contributed by atoms with Crippen molar-refractivity contribution in [3.63, 3.8) is 0 Å². The van der Waals surface area contributed by atoms with Crippen molar-refractivity contribution in [2.24, 2.45) is 0 Å². The first kappa shape index (κ1) is 11.1. The number of H-pyrrole nitrogens is 1. The standard InChI is InChI=1S/C9H7ClFN.C2H6/c1-5-4-6-8(12-5)3-2-7(10)9(6)11;1-2/h2-4,12H,1H3;1-2H3. The highest BCUT2D eigenvalue weighted by Crippen LogP contribution is 2.24. The molecule has 76 valence electrons. The van der Waals surface area contributed by atoms with Crippen LogP contribution in [0.2, 0.25) is 5.02 Å². The molecule has 1 heterocycles. The van der Waals surface area contributed by atoms with Crippen molar-refractivity contribution in [3.8, 4) is 0 Å². The Hall–Kier alpha value is -1.02. The SMILES string of the molecule is CC.Cc1cc2c(F)c(Cl)ccc2[nH]1. The van der Waals surface area contributed by atoms with E-state index >= 15 is 0 Å². The molecule has 1 aromatic carbocycles. The van der Waals surface area contributed by atoms with Gasteiger partial charge in [-0.05, 0) is 25.1 Å². The number of halogens is 2. The van der Waals surface area contributed by atoms with E-state index in [0.717, 1.165) is 11.2 Å². The Morgan fingerprint density at radius 3 is 2.57 bits per heavy atom. The van der Waals surface area contributed by atoms with E-state index in [-0.39, 0.29) is 10.8 Å². The summed E-state index contributed by atoms with van der Waals surface area (Å²) in [5.41, 5.74) is 1.72. The highest BCUT2D eigenvalue weighted by Gasteiger charge is 2.06. The van der Waals surface area contributed by atoms with Crippen LogP contribution in [0.25, 0.3) is 10.9 Å². The topological polar surface area (TPSA) is 15.8 Å². The number of aryl methyl sites for hydroxylation is 1. The number of fused-ring (bicyclic) bond motifs is 1. The molecule has 2 rings (SSSR count). The van der Waals surface area contributed by atoms with E-state index in [1.54, 1.807) is 18.2 Å². The molecule has 0 aliphatic heterocycles. The van der Waals surface area contributed by atoms with Crippen molar-refractivity contribution in [1.29, 1.82) is 0 Å². The second kappa shape index (κ2) is 4.47. The van der Waals surface area contributed by atoms with Crippen molar-refractivity contribution in [1.82, 2.24) is 4.98 Å². The van der Waals surface area contributed by atoms with Gasteiger partial charge in [-0.2, -0.15) is 0 Å². The fraction of sp³-hybridized carbons (Fsp3) is 0.273. The monoisotopic (exact) mass is 213 g/mol. The second-order valence-electron chi connectivity index (χ2n) is 2.77. The first-order valence-corrected chi connectivity index (χ1v) is 4.99. The maximum Gasteiger partial charge on any atom is 0.151 e. The molecule has 0 saturated heterocycles. The first-order chi connectivity index (χ1) is 6.68. The van der Waals surface area contributed by atoms with E-state index < -0.39 is 0 Å². The lowest BCUT2D eigenvalue weighted by atomic mass is 10.2. The van der Waals surface area contributed by atoms with Crippen LogP contribution in [0, 0.1) is 12.7 Å². The molecule has 1 N–H and O–H groups in total. The van der Waals surface area contributed by atoms with E-state index in [2.05, 4.69) is 4.98 Å². The summed E-state index contributed by atoms with van der Waals surface area (Å²) in [4.78, 5) is 3.03. The first-order valence-electron chi connectivity index (χ1n) is 4.62. The van der Waals surface area contributed by atoms with Crippen molar-refractivity contribution >= 4 is 22.5 Å². The van der Waals surface area contributed by atoms with Gasteiger partial charge in [0, 0.05) is 16.6 Å². The Balaban J connectivity index is 0.000000461. The summed E-state index contributed by atoms with van der Waals surface area (Å²) in [6.45, 7) is 5.88. The minimum atomic E-state index is -0.349. The number of hydrogen-bond acceptors (Lipinski definition) is 0. The highest BCUT2D eigenvalue weighted by molar-refractivity contribution is 6.31. The van der Waals surface area contributed by atoms with Crippen LogP contribution in [0.5, 0.6) is 0 Å². The Kier molecular flexibility index (Phi) is 3.53. The van der Waals surface area contributed by atoms with E-state index in [9.17, 15) is 4.39 Å². The molecule has 0 unspecified atom stereocenters. The quantitative estimate of drug-likeness (QED) is 0.672. The lowest BCUT2D eigenvalue weighted by molar-refractivity contribution is 0.640. The van der Waals surface area contributed by atoms with Gasteiger partial charge >= 0.3 is 0 Å². The van der Waals surface area contributed by atoms with Crippen LogP contribution in [0.1, 0.15) is 19.5 Å². The minimum Gasteiger partial charge on any atom is -0.359 e. The van der Waals surface area contributed by atoms with Crippen molar-refractivity contribution in [2.45, 2.75) is 20.8 Å². The number of aromatic amines is 1. The number of hydrogen-bond donors (Lipinski definition) is 1. The fourth-order valence-electron chi connectivity index (χ4n) is 1.28. The van der Waals surface area contributed by atoms with Gasteiger partial charge in [0.1, 0.15) is 0 Å². The lowest BCUT2D eigenvalue weighted by Gasteiger charge is -1.93. The number of aromatic nitrogens is 1. The average Bonchev–Trinajstić information content (AvgIpc) is 2.57. The normalized spacial score (nSPS) is 9.79. The van der Waals surface area contributed by atoms with Gasteiger partial charge in [-0.3, -0.25) is 0 Å². The molecule has 1 nitrogen and oxygen atoms in total. The zero-order chi connectivity index (χ0) is 10.7. The van der Waals surface area contributed by atoms with Crippen molar-refractivity contribution < 1.29 is 4.39 Å². The molecule has 0 atom stereocenters.